The number of hydrogen-bond donors (Lipinski definition) is 1. The number of Topliss-reactive ketones (excluding diaryl/α,β-unsaturated/α-hetero) is 1. The van der Waals surface area contributed by atoms with Gasteiger partial charge in [0.15, 0.2) is 5.78 Å². The van der Waals surface area contributed by atoms with Crippen molar-refractivity contribution in [2.24, 2.45) is 0 Å². The van der Waals surface area contributed by atoms with Crippen molar-refractivity contribution in [3.05, 3.63) is 64.7 Å². The van der Waals surface area contributed by atoms with Gasteiger partial charge in [-0.05, 0) is 48.9 Å². The maximum Gasteiger partial charge on any atom is 0.220 e. The molecule has 0 bridgehead atoms. The monoisotopic (exact) mass is 363 g/mol. The van der Waals surface area contributed by atoms with E-state index in [0.717, 1.165) is 36.1 Å². The van der Waals surface area contributed by atoms with Crippen LogP contribution in [0.25, 0.3) is 0 Å². The first kappa shape index (κ1) is 17.8. The number of amides is 1. The number of carbonyl (C=O) groups excluding carboxylic acids is 2. The Labute approximate surface area is 159 Å². The predicted molar refractivity (Wildman–Crippen MR) is 104 cm³/mol. The highest BCUT2D eigenvalue weighted by Gasteiger charge is 2.23. The summed E-state index contributed by atoms with van der Waals surface area (Å²) in [7, 11) is 0. The molecule has 140 valence electrons. The molecule has 0 saturated heterocycles. The molecular weight excluding hydrogens is 338 g/mol. The lowest BCUT2D eigenvalue weighted by Crippen LogP contribution is -2.32. The van der Waals surface area contributed by atoms with Gasteiger partial charge in [0, 0.05) is 30.4 Å². The summed E-state index contributed by atoms with van der Waals surface area (Å²) in [6.45, 7) is 0.593. The number of rotatable bonds is 5. The first-order chi connectivity index (χ1) is 13.2. The van der Waals surface area contributed by atoms with E-state index in [1.165, 1.54) is 24.0 Å². The standard InChI is InChI=1S/C23H25NO3/c25-21(18-10-9-16-5-1-2-6-17(16)15-18)11-12-23(26)24-20-13-14-27-22-8-4-3-7-19(20)22/h3-4,7-10,15,20H,1-2,5-6,11-14H2,(H,24,26). The van der Waals surface area contributed by atoms with Crippen LogP contribution >= 0.6 is 0 Å². The average molecular weight is 363 g/mol. The van der Waals surface area contributed by atoms with Gasteiger partial charge in [0.25, 0.3) is 0 Å². The minimum absolute atomic E-state index is 0.0405. The van der Waals surface area contributed by atoms with Crippen LogP contribution in [0.1, 0.15) is 65.2 Å². The summed E-state index contributed by atoms with van der Waals surface area (Å²) in [5, 5.41) is 3.06. The summed E-state index contributed by atoms with van der Waals surface area (Å²) in [5.41, 5.74) is 4.42. The highest BCUT2D eigenvalue weighted by atomic mass is 16.5. The van der Waals surface area contributed by atoms with Crippen LogP contribution in [-0.2, 0) is 17.6 Å². The zero-order valence-corrected chi connectivity index (χ0v) is 15.5. The second kappa shape index (κ2) is 7.95. The zero-order chi connectivity index (χ0) is 18.6. The molecule has 0 fully saturated rings. The molecule has 1 unspecified atom stereocenters. The van der Waals surface area contributed by atoms with Crippen LogP contribution < -0.4 is 10.1 Å². The molecule has 4 heteroatoms. The summed E-state index contributed by atoms with van der Waals surface area (Å²) in [6.07, 6.45) is 5.81. The molecule has 2 aromatic carbocycles. The van der Waals surface area contributed by atoms with Crippen molar-refractivity contribution in [3.63, 3.8) is 0 Å². The van der Waals surface area contributed by atoms with Gasteiger partial charge in [0.05, 0.1) is 12.6 Å². The SMILES string of the molecule is O=C(CCC(=O)c1ccc2c(c1)CCCC2)NC1CCOc2ccccc21. The van der Waals surface area contributed by atoms with Gasteiger partial charge in [-0.1, -0.05) is 30.3 Å². The fourth-order valence-electron chi connectivity index (χ4n) is 4.04. The third-order valence-corrected chi connectivity index (χ3v) is 5.54. The van der Waals surface area contributed by atoms with E-state index >= 15 is 0 Å². The lowest BCUT2D eigenvalue weighted by atomic mass is 9.89. The number of fused-ring (bicyclic) bond motifs is 2. The molecule has 0 aromatic heterocycles. The molecule has 27 heavy (non-hydrogen) atoms. The molecule has 4 rings (SSSR count). The van der Waals surface area contributed by atoms with E-state index in [4.69, 9.17) is 4.74 Å². The summed E-state index contributed by atoms with van der Waals surface area (Å²) >= 11 is 0. The van der Waals surface area contributed by atoms with Gasteiger partial charge in [-0.2, -0.15) is 0 Å². The van der Waals surface area contributed by atoms with Crippen molar-refractivity contribution < 1.29 is 14.3 Å². The molecule has 4 nitrogen and oxygen atoms in total. The number of para-hydroxylation sites is 1. The molecule has 2 aliphatic rings. The van der Waals surface area contributed by atoms with Gasteiger partial charge >= 0.3 is 0 Å². The van der Waals surface area contributed by atoms with E-state index in [9.17, 15) is 9.59 Å². The van der Waals surface area contributed by atoms with E-state index in [2.05, 4.69) is 11.4 Å². The number of carbonyl (C=O) groups is 2. The molecule has 2 aromatic rings. The molecule has 0 saturated carbocycles. The van der Waals surface area contributed by atoms with Gasteiger partial charge in [-0.15, -0.1) is 0 Å². The van der Waals surface area contributed by atoms with Crippen LogP contribution in [-0.4, -0.2) is 18.3 Å². The minimum Gasteiger partial charge on any atom is -0.493 e. The summed E-state index contributed by atoms with van der Waals surface area (Å²) in [6, 6.07) is 13.8. The Bertz CT molecular complexity index is 858. The highest BCUT2D eigenvalue weighted by Crippen LogP contribution is 2.31. The minimum atomic E-state index is -0.0805. The first-order valence-electron chi connectivity index (χ1n) is 9.87. The third kappa shape index (κ3) is 4.05. The molecule has 1 aliphatic heterocycles. The topological polar surface area (TPSA) is 55.4 Å². The van der Waals surface area contributed by atoms with Crippen LogP contribution in [0.2, 0.25) is 0 Å². The largest absolute Gasteiger partial charge is 0.493 e. The summed E-state index contributed by atoms with van der Waals surface area (Å²) in [5.74, 6) is 0.799. The summed E-state index contributed by atoms with van der Waals surface area (Å²) in [4.78, 5) is 24.9. The summed E-state index contributed by atoms with van der Waals surface area (Å²) < 4.78 is 5.63. The van der Waals surface area contributed by atoms with E-state index in [1.54, 1.807) is 0 Å². The van der Waals surface area contributed by atoms with Gasteiger partial charge in [-0.25, -0.2) is 0 Å². The van der Waals surface area contributed by atoms with Crippen molar-refractivity contribution in [1.29, 1.82) is 0 Å². The van der Waals surface area contributed by atoms with Crippen LogP contribution in [0.3, 0.4) is 0 Å². The van der Waals surface area contributed by atoms with Crippen LogP contribution in [0.15, 0.2) is 42.5 Å². The molecule has 1 amide bonds. The van der Waals surface area contributed by atoms with Crippen molar-refractivity contribution in [1.82, 2.24) is 5.32 Å². The number of ether oxygens (including phenoxy) is 1. The number of aryl methyl sites for hydroxylation is 2. The maximum atomic E-state index is 12.5. The molecule has 0 spiro atoms. The van der Waals surface area contributed by atoms with E-state index in [0.29, 0.717) is 6.61 Å². The fraction of sp³-hybridized carbons (Fsp3) is 0.391. The van der Waals surface area contributed by atoms with Crippen molar-refractivity contribution >= 4 is 11.7 Å². The van der Waals surface area contributed by atoms with Gasteiger partial charge in [0.1, 0.15) is 5.75 Å². The van der Waals surface area contributed by atoms with Crippen molar-refractivity contribution in [2.45, 2.75) is 51.0 Å². The molecule has 1 atom stereocenters. The number of ketones is 1. The van der Waals surface area contributed by atoms with E-state index in [-0.39, 0.29) is 30.6 Å². The second-order valence-corrected chi connectivity index (χ2v) is 7.41. The third-order valence-electron chi connectivity index (χ3n) is 5.54. The number of nitrogens with one attached hydrogen (secondary N) is 1. The van der Waals surface area contributed by atoms with Crippen molar-refractivity contribution in [3.8, 4) is 5.75 Å². The van der Waals surface area contributed by atoms with Crippen LogP contribution in [0, 0.1) is 0 Å². The van der Waals surface area contributed by atoms with E-state index < -0.39 is 0 Å². The molecule has 1 heterocycles. The molecule has 1 N–H and O–H groups in total. The van der Waals surface area contributed by atoms with Crippen LogP contribution in [0.5, 0.6) is 5.75 Å². The zero-order valence-electron chi connectivity index (χ0n) is 15.5. The van der Waals surface area contributed by atoms with Gasteiger partial charge in [-0.3, -0.25) is 9.59 Å². The maximum absolute atomic E-state index is 12.5. The molecular formula is C23H25NO3. The highest BCUT2D eigenvalue weighted by molar-refractivity contribution is 5.98. The van der Waals surface area contributed by atoms with Crippen LogP contribution in [0.4, 0.5) is 0 Å². The smallest absolute Gasteiger partial charge is 0.220 e. The fourth-order valence-corrected chi connectivity index (χ4v) is 4.04. The second-order valence-electron chi connectivity index (χ2n) is 7.41. The number of hydrogen-bond acceptors (Lipinski definition) is 3. The predicted octanol–water partition coefficient (Wildman–Crippen LogP) is 4.17. The Balaban J connectivity index is 1.34. The number of benzene rings is 2. The Kier molecular flexibility index (Phi) is 5.23. The van der Waals surface area contributed by atoms with Gasteiger partial charge < -0.3 is 10.1 Å². The lowest BCUT2D eigenvalue weighted by Gasteiger charge is -2.26. The Morgan fingerprint density at radius 1 is 1.00 bits per heavy atom. The van der Waals surface area contributed by atoms with Crippen molar-refractivity contribution in [2.75, 3.05) is 6.61 Å². The van der Waals surface area contributed by atoms with Gasteiger partial charge in [0.2, 0.25) is 5.91 Å². The first-order valence-corrected chi connectivity index (χ1v) is 9.87. The molecule has 0 radical (unpaired) electrons. The molecule has 1 aliphatic carbocycles. The Hall–Kier alpha value is -2.62. The Morgan fingerprint density at radius 2 is 1.81 bits per heavy atom. The lowest BCUT2D eigenvalue weighted by molar-refractivity contribution is -0.122. The normalized spacial score (nSPS) is 18.0. The van der Waals surface area contributed by atoms with E-state index in [1.807, 2.05) is 36.4 Å². The Morgan fingerprint density at radius 3 is 2.70 bits per heavy atom. The average Bonchev–Trinajstić information content (AvgIpc) is 2.72. The quantitative estimate of drug-likeness (QED) is 0.811.